The zero-order valence-corrected chi connectivity index (χ0v) is 14.4. The molecule has 0 aromatic heterocycles. The average Bonchev–Trinajstić information content (AvgIpc) is 2.31. The fourth-order valence-electron chi connectivity index (χ4n) is 1.62. The van der Waals surface area contributed by atoms with E-state index in [2.05, 4.69) is 48.8 Å². The molecule has 1 rings (SSSR count). The summed E-state index contributed by atoms with van der Waals surface area (Å²) >= 11 is 16.8. The molecule has 1 aliphatic heterocycles. The molecule has 0 nitrogen and oxygen atoms in total. The molecule has 0 saturated carbocycles. The van der Waals surface area contributed by atoms with E-state index < -0.39 is 0 Å². The molecule has 1 heterocycles. The van der Waals surface area contributed by atoms with Crippen molar-refractivity contribution in [3.8, 4) is 0 Å². The second kappa shape index (κ2) is 9.96. The Morgan fingerprint density at radius 1 is 0.938 bits per heavy atom. The van der Waals surface area contributed by atoms with E-state index >= 15 is 0 Å². The van der Waals surface area contributed by atoms with Crippen LogP contribution in [0.1, 0.15) is 19.3 Å². The molecule has 96 valence electrons. The average molecular weight is 333 g/mol. The van der Waals surface area contributed by atoms with Crippen molar-refractivity contribution in [1.29, 1.82) is 0 Å². The molecule has 6 heteroatoms. The van der Waals surface area contributed by atoms with Crippen LogP contribution >= 0.6 is 72.3 Å². The largest absolute Gasteiger partial charge is 0.168 e. The highest BCUT2D eigenvalue weighted by molar-refractivity contribution is 8.19. The van der Waals surface area contributed by atoms with Crippen LogP contribution in [0.25, 0.3) is 0 Å². The minimum Gasteiger partial charge on any atom is -0.168 e. The molecule has 16 heavy (non-hydrogen) atoms. The number of rotatable bonds is 8. The Bertz CT molecular complexity index is 157. The summed E-state index contributed by atoms with van der Waals surface area (Å²) in [6.45, 7) is 0. The molecule has 0 aromatic rings. The Balaban J connectivity index is 2.33. The first-order chi connectivity index (χ1) is 7.83. The molecular weight excluding hydrogens is 313 g/mol. The maximum absolute atomic E-state index is 4.27. The number of thiol groups is 2. The highest BCUT2D eigenvalue weighted by atomic mass is 32.2. The maximum atomic E-state index is 4.27. The van der Waals surface area contributed by atoms with Crippen molar-refractivity contribution in [1.82, 2.24) is 0 Å². The van der Waals surface area contributed by atoms with Crippen LogP contribution in [0, 0.1) is 0 Å². The van der Waals surface area contributed by atoms with Crippen molar-refractivity contribution in [2.75, 3.05) is 33.2 Å². The van der Waals surface area contributed by atoms with Gasteiger partial charge in [0.15, 0.2) is 0 Å². The molecule has 0 atom stereocenters. The van der Waals surface area contributed by atoms with E-state index in [1.807, 2.05) is 23.5 Å². The Labute approximate surface area is 128 Å². The lowest BCUT2D eigenvalue weighted by molar-refractivity contribution is 0.743. The number of thioether (sulfide) groups is 4. The van der Waals surface area contributed by atoms with Crippen LogP contribution in [0.5, 0.6) is 0 Å². The van der Waals surface area contributed by atoms with Gasteiger partial charge in [0.2, 0.25) is 0 Å². The fourth-order valence-corrected chi connectivity index (χ4v) is 7.47. The lowest BCUT2D eigenvalue weighted by atomic mass is 10.2. The van der Waals surface area contributed by atoms with Crippen molar-refractivity contribution in [3.63, 3.8) is 0 Å². The lowest BCUT2D eigenvalue weighted by Crippen LogP contribution is -2.27. The lowest BCUT2D eigenvalue weighted by Gasteiger charge is -2.36. The van der Waals surface area contributed by atoms with Crippen molar-refractivity contribution >= 4 is 72.3 Å². The third-order valence-electron chi connectivity index (χ3n) is 2.46. The second-order valence-corrected chi connectivity index (χ2v) is 10.4. The second-order valence-electron chi connectivity index (χ2n) is 3.54. The minimum absolute atomic E-state index is 0.504. The van der Waals surface area contributed by atoms with Crippen LogP contribution in [-0.4, -0.2) is 37.3 Å². The van der Waals surface area contributed by atoms with Gasteiger partial charge in [-0.05, 0) is 42.3 Å². The summed E-state index contributed by atoms with van der Waals surface area (Å²) in [5.74, 6) is 5.22. The van der Waals surface area contributed by atoms with Gasteiger partial charge in [-0.15, -0.1) is 23.5 Å². The van der Waals surface area contributed by atoms with Crippen molar-refractivity contribution < 1.29 is 0 Å². The molecule has 1 aliphatic rings. The molecule has 0 N–H and O–H groups in total. The third kappa shape index (κ3) is 6.32. The molecule has 0 bridgehead atoms. The van der Waals surface area contributed by atoms with E-state index in [1.165, 1.54) is 42.3 Å². The first-order valence-corrected chi connectivity index (χ1v) is 11.0. The summed E-state index contributed by atoms with van der Waals surface area (Å²) in [5, 5.41) is 1.91. The zero-order chi connectivity index (χ0) is 11.7. The van der Waals surface area contributed by atoms with Crippen LogP contribution in [0.15, 0.2) is 0 Å². The first-order valence-electron chi connectivity index (χ1n) is 5.48. The van der Waals surface area contributed by atoms with Crippen LogP contribution < -0.4 is 0 Å². The SMILES string of the molecule is SCSCCC1(CCSCS)SCCCS1. The first kappa shape index (κ1) is 16.2. The highest BCUT2D eigenvalue weighted by Gasteiger charge is 2.32. The minimum atomic E-state index is 0.504. The summed E-state index contributed by atoms with van der Waals surface area (Å²) in [6, 6.07) is 0. The van der Waals surface area contributed by atoms with E-state index in [4.69, 9.17) is 0 Å². The fraction of sp³-hybridized carbons (Fsp3) is 1.00. The predicted octanol–water partition coefficient (Wildman–Crippen LogP) is 4.57. The van der Waals surface area contributed by atoms with Crippen molar-refractivity contribution in [2.24, 2.45) is 0 Å². The van der Waals surface area contributed by atoms with Crippen molar-refractivity contribution in [3.05, 3.63) is 0 Å². The summed E-state index contributed by atoms with van der Waals surface area (Å²) in [6.07, 6.45) is 4.05. The molecule has 0 radical (unpaired) electrons. The van der Waals surface area contributed by atoms with Gasteiger partial charge in [0.05, 0.1) is 4.08 Å². The topological polar surface area (TPSA) is 0 Å². The standard InChI is InChI=1S/C10H20S6/c11-8-13-6-2-10(3-7-14-9-12)15-4-1-5-16-10/h11-12H,1-9H2. The van der Waals surface area contributed by atoms with Crippen molar-refractivity contribution in [2.45, 2.75) is 23.3 Å². The van der Waals surface area contributed by atoms with E-state index in [1.54, 1.807) is 0 Å². The maximum Gasteiger partial charge on any atom is 0.0626 e. The molecule has 0 aromatic carbocycles. The summed E-state index contributed by atoms with van der Waals surface area (Å²) in [7, 11) is 0. The van der Waals surface area contributed by atoms with E-state index in [0.29, 0.717) is 4.08 Å². The number of hydrogen-bond acceptors (Lipinski definition) is 6. The van der Waals surface area contributed by atoms with E-state index in [-0.39, 0.29) is 0 Å². The third-order valence-corrected chi connectivity index (χ3v) is 8.46. The van der Waals surface area contributed by atoms with E-state index in [9.17, 15) is 0 Å². The summed E-state index contributed by atoms with van der Waals surface area (Å²) in [5.41, 5.74) is 0. The Kier molecular flexibility index (Phi) is 10.1. The Hall–Kier alpha value is 2.10. The van der Waals surface area contributed by atoms with Gasteiger partial charge < -0.3 is 0 Å². The van der Waals surface area contributed by atoms with Crippen LogP contribution in [0.3, 0.4) is 0 Å². The molecular formula is C10H20S6. The predicted molar refractivity (Wildman–Crippen MR) is 94.1 cm³/mol. The molecule has 1 fully saturated rings. The molecule has 0 unspecified atom stereocenters. The normalized spacial score (nSPS) is 19.9. The van der Waals surface area contributed by atoms with Gasteiger partial charge in [0.25, 0.3) is 0 Å². The van der Waals surface area contributed by atoms with Gasteiger partial charge in [-0.1, -0.05) is 0 Å². The smallest absolute Gasteiger partial charge is 0.0626 e. The zero-order valence-electron chi connectivity index (χ0n) is 9.39. The van der Waals surface area contributed by atoms with Gasteiger partial charge in [0.1, 0.15) is 0 Å². The molecule has 1 saturated heterocycles. The van der Waals surface area contributed by atoms with Gasteiger partial charge in [-0.2, -0.15) is 48.8 Å². The Morgan fingerprint density at radius 3 is 1.88 bits per heavy atom. The number of hydrogen-bond donors (Lipinski definition) is 2. The monoisotopic (exact) mass is 332 g/mol. The summed E-state index contributed by atoms with van der Waals surface area (Å²) < 4.78 is 0.504. The van der Waals surface area contributed by atoms with Gasteiger partial charge in [-0.25, -0.2) is 0 Å². The van der Waals surface area contributed by atoms with Crippen LogP contribution in [-0.2, 0) is 0 Å². The molecule has 0 amide bonds. The molecule has 0 spiro atoms. The highest BCUT2D eigenvalue weighted by Crippen LogP contribution is 2.48. The van der Waals surface area contributed by atoms with Crippen LogP contribution in [0.4, 0.5) is 0 Å². The molecule has 0 aliphatic carbocycles. The summed E-state index contributed by atoms with van der Waals surface area (Å²) in [4.78, 5) is 0. The van der Waals surface area contributed by atoms with Gasteiger partial charge in [0, 0.05) is 10.2 Å². The van der Waals surface area contributed by atoms with Gasteiger partial charge in [-0.3, -0.25) is 0 Å². The van der Waals surface area contributed by atoms with Gasteiger partial charge >= 0.3 is 0 Å². The van der Waals surface area contributed by atoms with E-state index in [0.717, 1.165) is 10.2 Å². The van der Waals surface area contributed by atoms with Crippen LogP contribution in [0.2, 0.25) is 0 Å². The Morgan fingerprint density at radius 2 is 1.44 bits per heavy atom. The quantitative estimate of drug-likeness (QED) is 0.379.